The van der Waals surface area contributed by atoms with Crippen molar-refractivity contribution >= 4 is 5.69 Å². The average molecular weight is 289 g/mol. The molecule has 3 rings (SSSR count). The fraction of sp³-hybridized carbons (Fsp3) is 0.200. The Morgan fingerprint density at radius 2 is 1.76 bits per heavy atom. The second-order valence-electron chi connectivity index (χ2n) is 5.07. The molecule has 6 heteroatoms. The Bertz CT molecular complexity index is 701. The van der Waals surface area contributed by atoms with Gasteiger partial charge in [-0.1, -0.05) is 6.07 Å². The maximum Gasteiger partial charge on any atom is 0.157 e. The number of phenols is 3. The van der Waals surface area contributed by atoms with Crippen molar-refractivity contribution in [3.63, 3.8) is 0 Å². The highest BCUT2D eigenvalue weighted by Gasteiger charge is 2.32. The molecule has 2 atom stereocenters. The predicted molar refractivity (Wildman–Crippen MR) is 75.4 cm³/mol. The second-order valence-corrected chi connectivity index (χ2v) is 5.07. The Hall–Kier alpha value is -2.60. The summed E-state index contributed by atoms with van der Waals surface area (Å²) in [5.74, 6) is -0.151. The monoisotopic (exact) mass is 289 g/mol. The SMILES string of the molecule is Nc1cc(O)c2c(c1)O[C@H](c1ccc(O)c(O)c1)[C@H](O)C2. The summed E-state index contributed by atoms with van der Waals surface area (Å²) >= 11 is 0. The van der Waals surface area contributed by atoms with Crippen LogP contribution in [0.5, 0.6) is 23.0 Å². The van der Waals surface area contributed by atoms with E-state index >= 15 is 0 Å². The molecule has 0 fully saturated rings. The van der Waals surface area contributed by atoms with E-state index in [0.717, 1.165) is 0 Å². The van der Waals surface area contributed by atoms with Gasteiger partial charge in [-0.05, 0) is 17.7 Å². The van der Waals surface area contributed by atoms with Crippen LogP contribution < -0.4 is 10.5 Å². The maximum atomic E-state index is 10.2. The quantitative estimate of drug-likeness (QED) is 0.400. The number of rotatable bonds is 1. The highest BCUT2D eigenvalue weighted by Crippen LogP contribution is 2.41. The van der Waals surface area contributed by atoms with Crippen LogP contribution in [-0.4, -0.2) is 26.5 Å². The van der Waals surface area contributed by atoms with E-state index in [4.69, 9.17) is 10.5 Å². The number of anilines is 1. The van der Waals surface area contributed by atoms with Gasteiger partial charge in [-0.3, -0.25) is 0 Å². The van der Waals surface area contributed by atoms with E-state index in [1.165, 1.54) is 18.2 Å². The fourth-order valence-electron chi connectivity index (χ4n) is 2.50. The molecule has 0 amide bonds. The van der Waals surface area contributed by atoms with E-state index in [0.29, 0.717) is 22.6 Å². The van der Waals surface area contributed by atoms with Crippen molar-refractivity contribution in [2.45, 2.75) is 18.6 Å². The van der Waals surface area contributed by atoms with Crippen LogP contribution in [0.3, 0.4) is 0 Å². The molecular formula is C15H15NO5. The second kappa shape index (κ2) is 4.75. The largest absolute Gasteiger partial charge is 0.507 e. The molecule has 1 heterocycles. The molecule has 2 aromatic carbocycles. The number of hydrogen-bond acceptors (Lipinski definition) is 6. The first-order valence-electron chi connectivity index (χ1n) is 6.43. The number of aliphatic hydroxyl groups excluding tert-OH is 1. The zero-order valence-corrected chi connectivity index (χ0v) is 11.0. The summed E-state index contributed by atoms with van der Waals surface area (Å²) in [5, 5.41) is 38.9. The predicted octanol–water partition coefficient (Wildman–Crippen LogP) is 1.42. The van der Waals surface area contributed by atoms with Crippen LogP contribution in [0.1, 0.15) is 17.2 Å². The van der Waals surface area contributed by atoms with Crippen LogP contribution in [0.2, 0.25) is 0 Å². The topological polar surface area (TPSA) is 116 Å². The number of phenolic OH excluding ortho intramolecular Hbond substituents is 3. The zero-order chi connectivity index (χ0) is 15.1. The van der Waals surface area contributed by atoms with Crippen molar-refractivity contribution in [2.24, 2.45) is 0 Å². The van der Waals surface area contributed by atoms with Gasteiger partial charge in [0.15, 0.2) is 11.5 Å². The van der Waals surface area contributed by atoms with Crippen molar-refractivity contribution in [3.05, 3.63) is 41.5 Å². The minimum absolute atomic E-state index is 0.0175. The number of benzene rings is 2. The molecule has 0 saturated carbocycles. The highest BCUT2D eigenvalue weighted by atomic mass is 16.5. The molecule has 0 bridgehead atoms. The van der Waals surface area contributed by atoms with Gasteiger partial charge in [0, 0.05) is 29.8 Å². The van der Waals surface area contributed by atoms with E-state index in [-0.39, 0.29) is 23.7 Å². The summed E-state index contributed by atoms with van der Waals surface area (Å²) in [7, 11) is 0. The summed E-state index contributed by atoms with van der Waals surface area (Å²) in [4.78, 5) is 0. The molecule has 1 aliphatic rings. The van der Waals surface area contributed by atoms with Crippen molar-refractivity contribution in [2.75, 3.05) is 5.73 Å². The van der Waals surface area contributed by atoms with Crippen molar-refractivity contribution in [1.29, 1.82) is 0 Å². The fourth-order valence-corrected chi connectivity index (χ4v) is 2.50. The van der Waals surface area contributed by atoms with E-state index in [9.17, 15) is 20.4 Å². The van der Waals surface area contributed by atoms with E-state index in [1.807, 2.05) is 0 Å². The van der Waals surface area contributed by atoms with Gasteiger partial charge in [-0.2, -0.15) is 0 Å². The Morgan fingerprint density at radius 3 is 2.48 bits per heavy atom. The summed E-state index contributed by atoms with van der Waals surface area (Å²) in [6, 6.07) is 7.20. The molecule has 110 valence electrons. The molecule has 1 aliphatic heterocycles. The Kier molecular flexibility index (Phi) is 3.03. The number of aliphatic hydroxyl groups is 1. The first-order chi connectivity index (χ1) is 9.95. The third-order valence-electron chi connectivity index (χ3n) is 3.55. The number of nitrogens with two attached hydrogens (primary N) is 1. The number of nitrogen functional groups attached to an aromatic ring is 1. The van der Waals surface area contributed by atoms with Crippen molar-refractivity contribution in [3.8, 4) is 23.0 Å². The lowest BCUT2D eigenvalue weighted by atomic mass is 9.94. The third kappa shape index (κ3) is 2.30. The minimum atomic E-state index is -0.893. The van der Waals surface area contributed by atoms with E-state index < -0.39 is 12.2 Å². The minimum Gasteiger partial charge on any atom is -0.507 e. The Labute approximate surface area is 120 Å². The average Bonchev–Trinajstić information content (AvgIpc) is 2.42. The lowest BCUT2D eigenvalue weighted by Gasteiger charge is -2.31. The zero-order valence-electron chi connectivity index (χ0n) is 11.0. The van der Waals surface area contributed by atoms with Gasteiger partial charge in [0.2, 0.25) is 0 Å². The molecule has 0 spiro atoms. The molecule has 0 unspecified atom stereocenters. The van der Waals surface area contributed by atoms with Crippen LogP contribution >= 0.6 is 0 Å². The molecule has 0 radical (unpaired) electrons. The molecule has 0 aromatic heterocycles. The molecule has 6 nitrogen and oxygen atoms in total. The summed E-state index contributed by atoms with van der Waals surface area (Å²) in [5.41, 5.74) is 7.04. The highest BCUT2D eigenvalue weighted by molar-refractivity contribution is 5.57. The van der Waals surface area contributed by atoms with Crippen LogP contribution in [-0.2, 0) is 6.42 Å². The normalized spacial score (nSPS) is 20.6. The number of aromatic hydroxyl groups is 3. The summed E-state index contributed by atoms with van der Waals surface area (Å²) in [6.45, 7) is 0. The molecule has 0 aliphatic carbocycles. The first kappa shape index (κ1) is 13.4. The van der Waals surface area contributed by atoms with Gasteiger partial charge < -0.3 is 30.9 Å². The first-order valence-corrected chi connectivity index (χ1v) is 6.43. The molecule has 6 N–H and O–H groups in total. The van der Waals surface area contributed by atoms with Gasteiger partial charge in [-0.15, -0.1) is 0 Å². The molecule has 0 saturated heterocycles. The maximum absolute atomic E-state index is 10.2. The smallest absolute Gasteiger partial charge is 0.157 e. The van der Waals surface area contributed by atoms with E-state index in [1.54, 1.807) is 12.1 Å². The number of hydrogen-bond donors (Lipinski definition) is 5. The summed E-state index contributed by atoms with van der Waals surface area (Å²) in [6.07, 6.45) is -1.41. The van der Waals surface area contributed by atoms with Crippen LogP contribution in [0.15, 0.2) is 30.3 Å². The lowest BCUT2D eigenvalue weighted by Crippen LogP contribution is -2.30. The molecule has 21 heavy (non-hydrogen) atoms. The van der Waals surface area contributed by atoms with Crippen molar-refractivity contribution in [1.82, 2.24) is 0 Å². The van der Waals surface area contributed by atoms with Gasteiger partial charge in [-0.25, -0.2) is 0 Å². The molecular weight excluding hydrogens is 274 g/mol. The van der Waals surface area contributed by atoms with Gasteiger partial charge in [0.05, 0.1) is 6.10 Å². The van der Waals surface area contributed by atoms with E-state index in [2.05, 4.69) is 0 Å². The van der Waals surface area contributed by atoms with Crippen LogP contribution in [0.4, 0.5) is 5.69 Å². The Morgan fingerprint density at radius 1 is 1.00 bits per heavy atom. The lowest BCUT2D eigenvalue weighted by molar-refractivity contribution is 0.0199. The summed E-state index contributed by atoms with van der Waals surface area (Å²) < 4.78 is 5.70. The van der Waals surface area contributed by atoms with Crippen LogP contribution in [0.25, 0.3) is 0 Å². The van der Waals surface area contributed by atoms with Gasteiger partial charge in [0.1, 0.15) is 17.6 Å². The molecule has 2 aromatic rings. The third-order valence-corrected chi connectivity index (χ3v) is 3.55. The Balaban J connectivity index is 2.00. The number of fused-ring (bicyclic) bond motifs is 1. The van der Waals surface area contributed by atoms with Gasteiger partial charge in [0.25, 0.3) is 0 Å². The van der Waals surface area contributed by atoms with Crippen molar-refractivity contribution < 1.29 is 25.2 Å². The number of ether oxygens (including phenoxy) is 1. The van der Waals surface area contributed by atoms with Gasteiger partial charge >= 0.3 is 0 Å². The standard InChI is InChI=1S/C15H15NO5/c16-8-4-11(18)9-6-13(20)15(21-14(9)5-8)7-1-2-10(17)12(19)3-7/h1-5,13,15,17-20H,6,16H2/t13-,15-/m1/s1. The van der Waals surface area contributed by atoms with Crippen LogP contribution in [0, 0.1) is 0 Å².